The molecule has 0 aliphatic carbocycles. The fourth-order valence-electron chi connectivity index (χ4n) is 2.26. The highest BCUT2D eigenvalue weighted by atomic mass is 16.6. The number of pyridine rings is 1. The molecule has 1 aromatic heterocycles. The number of para-hydroxylation sites is 1. The van der Waals surface area contributed by atoms with Crippen LogP contribution in [0.2, 0.25) is 0 Å². The van der Waals surface area contributed by atoms with Crippen molar-refractivity contribution < 1.29 is 4.92 Å². The van der Waals surface area contributed by atoms with Crippen molar-refractivity contribution >= 4 is 22.3 Å². The van der Waals surface area contributed by atoms with Crippen molar-refractivity contribution in [3.05, 3.63) is 40.6 Å². The van der Waals surface area contributed by atoms with E-state index in [-0.39, 0.29) is 10.6 Å². The van der Waals surface area contributed by atoms with Crippen LogP contribution < -0.4 is 10.2 Å². The Balaban J connectivity index is 2.46. The maximum Gasteiger partial charge on any atom is 0.311 e. The Kier molecular flexibility index (Phi) is 4.47. The van der Waals surface area contributed by atoms with Gasteiger partial charge in [-0.15, -0.1) is 0 Å². The first-order valence-corrected chi connectivity index (χ1v) is 6.53. The van der Waals surface area contributed by atoms with Crippen molar-refractivity contribution in [2.24, 2.45) is 0 Å². The average molecular weight is 274 g/mol. The van der Waals surface area contributed by atoms with E-state index in [0.29, 0.717) is 5.69 Å². The summed E-state index contributed by atoms with van der Waals surface area (Å²) in [5, 5.41) is 15.1. The average Bonchev–Trinajstić information content (AvgIpc) is 2.46. The second kappa shape index (κ2) is 6.29. The van der Waals surface area contributed by atoms with Gasteiger partial charge in [-0.2, -0.15) is 0 Å². The molecule has 6 nitrogen and oxygen atoms in total. The summed E-state index contributed by atoms with van der Waals surface area (Å²) in [4.78, 5) is 16.9. The second-order valence-corrected chi connectivity index (χ2v) is 4.64. The number of rotatable bonds is 6. The zero-order valence-corrected chi connectivity index (χ0v) is 11.7. The summed E-state index contributed by atoms with van der Waals surface area (Å²) < 4.78 is 0. The number of fused-ring (bicyclic) bond motifs is 1. The van der Waals surface area contributed by atoms with Gasteiger partial charge in [0.25, 0.3) is 0 Å². The van der Waals surface area contributed by atoms with E-state index in [1.54, 1.807) is 0 Å². The van der Waals surface area contributed by atoms with Gasteiger partial charge >= 0.3 is 5.69 Å². The molecule has 1 N–H and O–H groups in total. The lowest BCUT2D eigenvalue weighted by atomic mass is 10.1. The summed E-state index contributed by atoms with van der Waals surface area (Å²) in [6.07, 6.45) is 2.26. The molecular weight excluding hydrogens is 256 g/mol. The van der Waals surface area contributed by atoms with Gasteiger partial charge in [0.2, 0.25) is 0 Å². The summed E-state index contributed by atoms with van der Waals surface area (Å²) in [5.41, 5.74) is 1.46. The zero-order chi connectivity index (χ0) is 14.5. The molecular formula is C14H18N4O2. The fourth-order valence-corrected chi connectivity index (χ4v) is 2.26. The van der Waals surface area contributed by atoms with Gasteiger partial charge in [0, 0.05) is 19.0 Å². The van der Waals surface area contributed by atoms with Crippen molar-refractivity contribution in [3.63, 3.8) is 0 Å². The Morgan fingerprint density at radius 1 is 1.40 bits per heavy atom. The summed E-state index contributed by atoms with van der Waals surface area (Å²) in [6.45, 7) is 1.62. The number of nitro groups is 1. The van der Waals surface area contributed by atoms with E-state index < -0.39 is 0 Å². The highest BCUT2D eigenvalue weighted by Crippen LogP contribution is 2.33. The van der Waals surface area contributed by atoms with Crippen LogP contribution in [0.4, 0.5) is 11.4 Å². The van der Waals surface area contributed by atoms with E-state index in [1.165, 1.54) is 6.20 Å². The Morgan fingerprint density at radius 2 is 2.15 bits per heavy atom. The molecule has 0 atom stereocenters. The van der Waals surface area contributed by atoms with Crippen LogP contribution in [0.5, 0.6) is 0 Å². The molecule has 0 spiro atoms. The van der Waals surface area contributed by atoms with Crippen molar-refractivity contribution in [2.75, 3.05) is 32.1 Å². The highest BCUT2D eigenvalue weighted by Gasteiger charge is 2.20. The molecule has 1 heterocycles. The molecule has 1 aromatic carbocycles. The van der Waals surface area contributed by atoms with E-state index in [1.807, 2.05) is 43.3 Å². The molecule has 0 aliphatic rings. The number of benzene rings is 1. The predicted molar refractivity (Wildman–Crippen MR) is 80.2 cm³/mol. The van der Waals surface area contributed by atoms with Gasteiger partial charge in [-0.3, -0.25) is 10.1 Å². The topological polar surface area (TPSA) is 71.3 Å². The summed E-state index contributed by atoms with van der Waals surface area (Å²) in [6, 6.07) is 7.49. The Morgan fingerprint density at radius 3 is 2.85 bits per heavy atom. The van der Waals surface area contributed by atoms with Gasteiger partial charge in [0.15, 0.2) is 0 Å². The maximum atomic E-state index is 11.2. The van der Waals surface area contributed by atoms with Crippen LogP contribution in [0.15, 0.2) is 30.5 Å². The van der Waals surface area contributed by atoms with E-state index in [9.17, 15) is 10.1 Å². The Bertz CT molecular complexity index is 615. The van der Waals surface area contributed by atoms with Crippen LogP contribution in [0.25, 0.3) is 10.9 Å². The van der Waals surface area contributed by atoms with Crippen molar-refractivity contribution in [1.82, 2.24) is 10.3 Å². The second-order valence-electron chi connectivity index (χ2n) is 4.64. The molecule has 2 aromatic rings. The van der Waals surface area contributed by atoms with E-state index in [4.69, 9.17) is 0 Å². The SMILES string of the molecule is CNCCCN(C)c1c([N+](=O)[O-])cnc2ccccc12. The maximum absolute atomic E-state index is 11.2. The van der Waals surface area contributed by atoms with Crippen LogP contribution in [0, 0.1) is 10.1 Å². The van der Waals surface area contributed by atoms with Gasteiger partial charge in [-0.05, 0) is 26.1 Å². The lowest BCUT2D eigenvalue weighted by Crippen LogP contribution is -2.23. The minimum Gasteiger partial charge on any atom is -0.368 e. The van der Waals surface area contributed by atoms with Gasteiger partial charge in [-0.1, -0.05) is 18.2 Å². The van der Waals surface area contributed by atoms with E-state index in [2.05, 4.69) is 10.3 Å². The first-order chi connectivity index (χ1) is 9.65. The van der Waals surface area contributed by atoms with Gasteiger partial charge < -0.3 is 10.2 Å². The predicted octanol–water partition coefficient (Wildman–Crippen LogP) is 2.19. The normalized spacial score (nSPS) is 10.7. The van der Waals surface area contributed by atoms with Crippen LogP contribution in [0.3, 0.4) is 0 Å². The first-order valence-electron chi connectivity index (χ1n) is 6.53. The quantitative estimate of drug-likeness (QED) is 0.496. The minimum atomic E-state index is -0.372. The fraction of sp³-hybridized carbons (Fsp3) is 0.357. The largest absolute Gasteiger partial charge is 0.368 e. The third-order valence-electron chi connectivity index (χ3n) is 3.23. The number of nitrogens with one attached hydrogen (secondary N) is 1. The number of anilines is 1. The smallest absolute Gasteiger partial charge is 0.311 e. The molecule has 0 bridgehead atoms. The van der Waals surface area contributed by atoms with Crippen molar-refractivity contribution in [1.29, 1.82) is 0 Å². The number of hydrogen-bond donors (Lipinski definition) is 1. The van der Waals surface area contributed by atoms with Gasteiger partial charge in [0.1, 0.15) is 11.9 Å². The third-order valence-corrected chi connectivity index (χ3v) is 3.23. The number of nitrogens with zero attached hydrogens (tertiary/aromatic N) is 3. The van der Waals surface area contributed by atoms with Crippen LogP contribution >= 0.6 is 0 Å². The molecule has 106 valence electrons. The van der Waals surface area contributed by atoms with Crippen LogP contribution in [-0.4, -0.2) is 37.1 Å². The molecule has 0 saturated carbocycles. The zero-order valence-electron chi connectivity index (χ0n) is 11.7. The van der Waals surface area contributed by atoms with Crippen LogP contribution in [0.1, 0.15) is 6.42 Å². The van der Waals surface area contributed by atoms with E-state index in [0.717, 1.165) is 30.4 Å². The van der Waals surface area contributed by atoms with E-state index >= 15 is 0 Å². The third kappa shape index (κ3) is 2.85. The molecule has 0 aliphatic heterocycles. The van der Waals surface area contributed by atoms with Crippen molar-refractivity contribution in [3.8, 4) is 0 Å². The molecule has 6 heteroatoms. The molecule has 0 amide bonds. The Hall–Kier alpha value is -2.21. The molecule has 0 saturated heterocycles. The lowest BCUT2D eigenvalue weighted by Gasteiger charge is -2.20. The number of hydrogen-bond acceptors (Lipinski definition) is 5. The standard InChI is InChI=1S/C14H18N4O2/c1-15-8-5-9-17(2)14-11-6-3-4-7-12(11)16-10-13(14)18(19)20/h3-4,6-7,10,15H,5,8-9H2,1-2H3. The summed E-state index contributed by atoms with van der Waals surface area (Å²) in [5.74, 6) is 0. The summed E-state index contributed by atoms with van der Waals surface area (Å²) in [7, 11) is 3.77. The number of aromatic nitrogens is 1. The monoisotopic (exact) mass is 274 g/mol. The van der Waals surface area contributed by atoms with Crippen LogP contribution in [-0.2, 0) is 0 Å². The first kappa shape index (κ1) is 14.2. The van der Waals surface area contributed by atoms with Crippen molar-refractivity contribution in [2.45, 2.75) is 6.42 Å². The molecule has 20 heavy (non-hydrogen) atoms. The van der Waals surface area contributed by atoms with Gasteiger partial charge in [0.05, 0.1) is 10.4 Å². The molecule has 2 rings (SSSR count). The Labute approximate surface area is 117 Å². The lowest BCUT2D eigenvalue weighted by molar-refractivity contribution is -0.384. The van der Waals surface area contributed by atoms with Gasteiger partial charge in [-0.25, -0.2) is 4.98 Å². The molecule has 0 fully saturated rings. The molecule has 0 radical (unpaired) electrons. The summed E-state index contributed by atoms with van der Waals surface area (Å²) >= 11 is 0. The highest BCUT2D eigenvalue weighted by molar-refractivity contribution is 5.96. The molecule has 0 unspecified atom stereocenters. The minimum absolute atomic E-state index is 0.0515.